The Morgan fingerprint density at radius 3 is 2.29 bits per heavy atom. The van der Waals surface area contributed by atoms with Gasteiger partial charge in [-0.2, -0.15) is 0 Å². The van der Waals surface area contributed by atoms with Crippen molar-refractivity contribution < 1.29 is 14.4 Å². The number of carboxylic acid groups (broad SMARTS) is 1. The van der Waals surface area contributed by atoms with Gasteiger partial charge in [-0.1, -0.05) is 47.6 Å². The summed E-state index contributed by atoms with van der Waals surface area (Å²) in [6, 6.07) is 16.5. The molecule has 1 heterocycles. The molecule has 0 unspecified atom stereocenters. The van der Waals surface area contributed by atoms with Crippen LogP contribution in [0.2, 0.25) is 0 Å². The Hall–Kier alpha value is -2.88. The normalized spacial score (nSPS) is 10.5. The van der Waals surface area contributed by atoms with Crippen LogP contribution in [-0.2, 0) is 0 Å². The number of hydrogen-bond donors (Lipinski definition) is 1. The first-order chi connectivity index (χ1) is 10.2. The van der Waals surface area contributed by atoms with E-state index in [4.69, 9.17) is 9.63 Å². The maximum atomic E-state index is 10.9. The van der Waals surface area contributed by atoms with Gasteiger partial charge >= 0.3 is 5.97 Å². The summed E-state index contributed by atoms with van der Waals surface area (Å²) < 4.78 is 5.32. The number of nitrogens with zero attached hydrogens (tertiary/aromatic N) is 1. The predicted octanol–water partition coefficient (Wildman–Crippen LogP) is 4.02. The molecule has 0 spiro atoms. The van der Waals surface area contributed by atoms with Gasteiger partial charge in [0.05, 0.1) is 11.1 Å². The van der Waals surface area contributed by atoms with E-state index in [1.54, 1.807) is 24.3 Å². The molecule has 0 fully saturated rings. The number of aromatic carboxylic acids is 1. The van der Waals surface area contributed by atoms with Gasteiger partial charge in [-0.05, 0) is 24.6 Å². The Bertz CT molecular complexity index is 774. The van der Waals surface area contributed by atoms with Crippen molar-refractivity contribution in [3.63, 3.8) is 0 Å². The lowest BCUT2D eigenvalue weighted by molar-refractivity contribution is 0.0697. The molecule has 1 aromatic heterocycles. The first-order valence-electron chi connectivity index (χ1n) is 6.52. The summed E-state index contributed by atoms with van der Waals surface area (Å²) in [6.07, 6.45) is 0. The maximum Gasteiger partial charge on any atom is 0.335 e. The SMILES string of the molecule is Cc1onc(-c2ccccc2)c1-c1ccc(C(=O)O)cc1. The fraction of sp³-hybridized carbons (Fsp3) is 0.0588. The molecule has 0 amide bonds. The summed E-state index contributed by atoms with van der Waals surface area (Å²) in [6.45, 7) is 1.85. The van der Waals surface area contributed by atoms with E-state index in [9.17, 15) is 4.79 Å². The highest BCUT2D eigenvalue weighted by Crippen LogP contribution is 2.34. The van der Waals surface area contributed by atoms with Crippen molar-refractivity contribution in [2.75, 3.05) is 0 Å². The Balaban J connectivity index is 2.10. The molecule has 21 heavy (non-hydrogen) atoms. The molecule has 4 nitrogen and oxygen atoms in total. The van der Waals surface area contributed by atoms with Crippen LogP contribution in [0.1, 0.15) is 16.1 Å². The van der Waals surface area contributed by atoms with Gasteiger partial charge in [-0.3, -0.25) is 0 Å². The van der Waals surface area contributed by atoms with E-state index >= 15 is 0 Å². The molecule has 0 radical (unpaired) electrons. The standard InChI is InChI=1S/C17H13NO3/c1-11-15(12-7-9-14(10-8-12)17(19)20)16(18-21-11)13-5-3-2-4-6-13/h2-10H,1H3,(H,19,20). The molecule has 0 atom stereocenters. The van der Waals surface area contributed by atoms with E-state index in [0.717, 1.165) is 22.4 Å². The fourth-order valence-corrected chi connectivity index (χ4v) is 2.28. The van der Waals surface area contributed by atoms with Crippen LogP contribution in [-0.4, -0.2) is 16.2 Å². The van der Waals surface area contributed by atoms with Gasteiger partial charge in [-0.25, -0.2) is 4.79 Å². The van der Waals surface area contributed by atoms with Gasteiger partial charge in [0.25, 0.3) is 0 Å². The van der Waals surface area contributed by atoms with Crippen molar-refractivity contribution >= 4 is 5.97 Å². The van der Waals surface area contributed by atoms with Gasteiger partial charge in [0.2, 0.25) is 0 Å². The molecular formula is C17H13NO3. The topological polar surface area (TPSA) is 63.3 Å². The van der Waals surface area contributed by atoms with E-state index in [0.29, 0.717) is 5.76 Å². The third kappa shape index (κ3) is 2.43. The number of rotatable bonds is 3. The molecule has 2 aromatic carbocycles. The Morgan fingerprint density at radius 2 is 1.67 bits per heavy atom. The average Bonchev–Trinajstić information content (AvgIpc) is 2.90. The quantitative estimate of drug-likeness (QED) is 0.786. The summed E-state index contributed by atoms with van der Waals surface area (Å²) in [5.41, 5.74) is 3.76. The summed E-state index contributed by atoms with van der Waals surface area (Å²) in [4.78, 5) is 10.9. The number of hydrogen-bond acceptors (Lipinski definition) is 3. The van der Waals surface area contributed by atoms with E-state index in [1.165, 1.54) is 0 Å². The first kappa shape index (κ1) is 13.1. The van der Waals surface area contributed by atoms with E-state index in [1.807, 2.05) is 37.3 Å². The van der Waals surface area contributed by atoms with Gasteiger partial charge in [-0.15, -0.1) is 0 Å². The number of benzene rings is 2. The molecule has 0 aliphatic carbocycles. The molecule has 3 aromatic rings. The van der Waals surface area contributed by atoms with Crippen LogP contribution in [0, 0.1) is 6.92 Å². The van der Waals surface area contributed by atoms with Crippen LogP contribution in [0.4, 0.5) is 0 Å². The number of aryl methyl sites for hydroxylation is 1. The van der Waals surface area contributed by atoms with Crippen LogP contribution >= 0.6 is 0 Å². The van der Waals surface area contributed by atoms with Crippen LogP contribution in [0.25, 0.3) is 22.4 Å². The lowest BCUT2D eigenvalue weighted by Gasteiger charge is -2.04. The zero-order valence-corrected chi connectivity index (χ0v) is 11.4. The molecule has 0 saturated heterocycles. The third-order valence-corrected chi connectivity index (χ3v) is 3.33. The van der Waals surface area contributed by atoms with Crippen molar-refractivity contribution in [1.82, 2.24) is 5.16 Å². The Kier molecular flexibility index (Phi) is 3.28. The molecule has 4 heteroatoms. The maximum absolute atomic E-state index is 10.9. The summed E-state index contributed by atoms with van der Waals surface area (Å²) in [7, 11) is 0. The van der Waals surface area contributed by atoms with Gasteiger partial charge in [0.15, 0.2) is 0 Å². The molecule has 0 bridgehead atoms. The molecule has 0 saturated carbocycles. The van der Waals surface area contributed by atoms with Crippen LogP contribution in [0.15, 0.2) is 59.1 Å². The average molecular weight is 279 g/mol. The van der Waals surface area contributed by atoms with Crippen LogP contribution in [0.5, 0.6) is 0 Å². The second-order valence-corrected chi connectivity index (χ2v) is 4.71. The fourth-order valence-electron chi connectivity index (χ4n) is 2.28. The largest absolute Gasteiger partial charge is 0.478 e. The zero-order chi connectivity index (χ0) is 14.8. The molecule has 1 N–H and O–H groups in total. The number of carbonyl (C=O) groups is 1. The smallest absolute Gasteiger partial charge is 0.335 e. The van der Waals surface area contributed by atoms with Gasteiger partial charge in [0.1, 0.15) is 11.5 Å². The van der Waals surface area contributed by atoms with Crippen molar-refractivity contribution in [2.24, 2.45) is 0 Å². The van der Waals surface area contributed by atoms with Crippen molar-refractivity contribution in [3.8, 4) is 22.4 Å². The monoisotopic (exact) mass is 279 g/mol. The second kappa shape index (κ2) is 5.25. The lowest BCUT2D eigenvalue weighted by Crippen LogP contribution is -1.95. The Labute approximate surface area is 121 Å². The molecule has 0 aliphatic rings. The zero-order valence-electron chi connectivity index (χ0n) is 11.4. The Morgan fingerprint density at radius 1 is 1.00 bits per heavy atom. The number of carboxylic acids is 1. The number of aromatic nitrogens is 1. The first-order valence-corrected chi connectivity index (χ1v) is 6.52. The summed E-state index contributed by atoms with van der Waals surface area (Å²) >= 11 is 0. The summed E-state index contributed by atoms with van der Waals surface area (Å²) in [5, 5.41) is 13.1. The molecule has 0 aliphatic heterocycles. The minimum Gasteiger partial charge on any atom is -0.478 e. The lowest BCUT2D eigenvalue weighted by atomic mass is 9.98. The minimum absolute atomic E-state index is 0.258. The summed E-state index contributed by atoms with van der Waals surface area (Å²) in [5.74, 6) is -0.233. The van der Waals surface area contributed by atoms with Crippen molar-refractivity contribution in [3.05, 3.63) is 65.9 Å². The van der Waals surface area contributed by atoms with Gasteiger partial charge < -0.3 is 9.63 Å². The highest BCUT2D eigenvalue weighted by Gasteiger charge is 2.16. The highest BCUT2D eigenvalue weighted by molar-refractivity contribution is 5.89. The van der Waals surface area contributed by atoms with Crippen LogP contribution in [0.3, 0.4) is 0 Å². The molecule has 3 rings (SSSR count). The highest BCUT2D eigenvalue weighted by atomic mass is 16.5. The van der Waals surface area contributed by atoms with Gasteiger partial charge in [0, 0.05) is 5.56 Å². The third-order valence-electron chi connectivity index (χ3n) is 3.33. The molecule has 104 valence electrons. The van der Waals surface area contributed by atoms with E-state index in [2.05, 4.69) is 5.16 Å². The second-order valence-electron chi connectivity index (χ2n) is 4.71. The minimum atomic E-state index is -0.938. The molecular weight excluding hydrogens is 266 g/mol. The van der Waals surface area contributed by atoms with Crippen molar-refractivity contribution in [1.29, 1.82) is 0 Å². The van der Waals surface area contributed by atoms with E-state index < -0.39 is 5.97 Å². The van der Waals surface area contributed by atoms with E-state index in [-0.39, 0.29) is 5.56 Å². The predicted molar refractivity (Wildman–Crippen MR) is 79.1 cm³/mol. The van der Waals surface area contributed by atoms with Crippen LogP contribution < -0.4 is 0 Å². The van der Waals surface area contributed by atoms with Crippen molar-refractivity contribution in [2.45, 2.75) is 6.92 Å².